The summed E-state index contributed by atoms with van der Waals surface area (Å²) in [5.74, 6) is -3.86. The molecule has 0 spiro atoms. The van der Waals surface area contributed by atoms with Crippen molar-refractivity contribution in [2.45, 2.75) is 68.5 Å². The lowest BCUT2D eigenvalue weighted by molar-refractivity contribution is -0.777. The molecule has 12 heteroatoms. The molecule has 1 heterocycles. The summed E-state index contributed by atoms with van der Waals surface area (Å²) >= 11 is -0.789. The highest BCUT2D eigenvalue weighted by molar-refractivity contribution is 7.96. The first-order chi connectivity index (χ1) is 16.1. The van der Waals surface area contributed by atoms with E-state index < -0.39 is 76.7 Å². The number of halogens is 2. The Kier molecular flexibility index (Phi) is 5.23. The van der Waals surface area contributed by atoms with Gasteiger partial charge in [-0.15, -0.1) is 0 Å². The van der Waals surface area contributed by atoms with Crippen molar-refractivity contribution < 1.29 is 52.0 Å². The molecule has 1 saturated heterocycles. The molecule has 0 aromatic heterocycles. The molecule has 0 aromatic rings. The largest absolute Gasteiger partial charge is 0.691 e. The van der Waals surface area contributed by atoms with Crippen LogP contribution in [-0.4, -0.2) is 41.0 Å². The lowest BCUT2D eigenvalue weighted by Crippen LogP contribution is -2.59. The molecule has 1 aliphatic heterocycles. The van der Waals surface area contributed by atoms with Gasteiger partial charge in [-0.3, -0.25) is 14.6 Å². The van der Waals surface area contributed by atoms with Gasteiger partial charge in [0.2, 0.25) is 0 Å². The zero-order valence-electron chi connectivity index (χ0n) is 18.4. The van der Waals surface area contributed by atoms with E-state index >= 15 is 0 Å². The van der Waals surface area contributed by atoms with Crippen LogP contribution in [0.5, 0.6) is 0 Å². The van der Waals surface area contributed by atoms with Crippen LogP contribution in [0.4, 0.5) is 8.78 Å². The number of ether oxygens (including phenoxy) is 3. The number of alkyl halides is 2. The summed E-state index contributed by atoms with van der Waals surface area (Å²) in [4.78, 5) is 38.2. The van der Waals surface area contributed by atoms with Gasteiger partial charge in [0.05, 0.1) is 11.8 Å². The van der Waals surface area contributed by atoms with E-state index in [0.717, 1.165) is 25.7 Å². The van der Waals surface area contributed by atoms with E-state index in [1.54, 1.807) is 0 Å². The van der Waals surface area contributed by atoms with Gasteiger partial charge >= 0.3 is 23.2 Å². The molecule has 34 heavy (non-hydrogen) atoms. The molecule has 7 fully saturated rings. The second kappa shape index (κ2) is 7.75. The first kappa shape index (κ1) is 22.9. The fourth-order valence-corrected chi connectivity index (χ4v) is 8.55. The molecule has 0 amide bonds. The van der Waals surface area contributed by atoms with Crippen LogP contribution in [0.1, 0.15) is 45.4 Å². The second-order valence-electron chi connectivity index (χ2n) is 11.0. The van der Waals surface area contributed by atoms with Gasteiger partial charge in [-0.2, -0.15) is 13.1 Å². The van der Waals surface area contributed by atoms with E-state index in [0.29, 0.717) is 18.3 Å². The number of carbonyl (C=O) groups is 3. The van der Waals surface area contributed by atoms with E-state index in [1.807, 2.05) is 6.92 Å². The normalized spacial score (nSPS) is 47.7. The molecular weight excluding hydrogens is 478 g/mol. The van der Waals surface area contributed by atoms with Crippen LogP contribution in [0.25, 0.3) is 0 Å². The van der Waals surface area contributed by atoms with Gasteiger partial charge in [0.25, 0.3) is 0 Å². The molecular formula is C22H25F2O9S-. The maximum atomic E-state index is 13.9. The molecule has 6 saturated carbocycles. The summed E-state index contributed by atoms with van der Waals surface area (Å²) in [6.07, 6.45) is 3.62. The molecule has 7 aliphatic rings. The second-order valence-corrected chi connectivity index (χ2v) is 11.8. The molecule has 0 radical (unpaired) electrons. The van der Waals surface area contributed by atoms with E-state index in [9.17, 15) is 28.4 Å². The third-order valence-electron chi connectivity index (χ3n) is 9.55. The Balaban J connectivity index is 1.20. The average molecular weight is 503 g/mol. The van der Waals surface area contributed by atoms with Crippen molar-refractivity contribution in [2.75, 3.05) is 0 Å². The van der Waals surface area contributed by atoms with E-state index in [1.165, 1.54) is 6.42 Å². The van der Waals surface area contributed by atoms with Crippen molar-refractivity contribution in [1.82, 2.24) is 0 Å². The molecule has 0 N–H and O–H groups in total. The van der Waals surface area contributed by atoms with Gasteiger partial charge in [-0.05, 0) is 69.1 Å². The molecule has 6 bridgehead atoms. The van der Waals surface area contributed by atoms with Crippen LogP contribution in [0.2, 0.25) is 0 Å². The predicted octanol–water partition coefficient (Wildman–Crippen LogP) is 1.93. The van der Waals surface area contributed by atoms with Crippen molar-refractivity contribution in [3.8, 4) is 0 Å². The zero-order chi connectivity index (χ0) is 24.0. The third-order valence-corrected chi connectivity index (χ3v) is 10.0. The molecule has 9 nitrogen and oxygen atoms in total. The quantitative estimate of drug-likeness (QED) is 0.168. The van der Waals surface area contributed by atoms with Crippen molar-refractivity contribution in [3.05, 3.63) is 0 Å². The lowest BCUT2D eigenvalue weighted by atomic mass is 9.50. The van der Waals surface area contributed by atoms with Crippen LogP contribution in [0.15, 0.2) is 0 Å². The maximum Gasteiger partial charge on any atom is 0.415 e. The summed E-state index contributed by atoms with van der Waals surface area (Å²) in [6.45, 7) is 1.99. The van der Waals surface area contributed by atoms with Gasteiger partial charge in [0.15, 0.2) is 0 Å². The molecule has 6 aliphatic carbocycles. The van der Waals surface area contributed by atoms with Gasteiger partial charge in [-0.1, -0.05) is 0 Å². The van der Waals surface area contributed by atoms with E-state index in [2.05, 4.69) is 9.37 Å². The molecule has 188 valence electrons. The Bertz CT molecular complexity index is 885. The average Bonchev–Trinajstić information content (AvgIpc) is 3.39. The van der Waals surface area contributed by atoms with E-state index in [-0.39, 0.29) is 11.8 Å². The zero-order valence-corrected chi connectivity index (χ0v) is 19.2. The summed E-state index contributed by atoms with van der Waals surface area (Å²) in [7, 11) is 0. The Hall–Kier alpha value is -1.50. The van der Waals surface area contributed by atoms with Crippen LogP contribution < -0.4 is 5.26 Å². The molecule has 6 atom stereocenters. The first-order valence-corrected chi connectivity index (χ1v) is 12.5. The van der Waals surface area contributed by atoms with Crippen molar-refractivity contribution in [2.24, 2.45) is 47.3 Å². The standard InChI is InChI=1S/C22H26F2O9S/c1-21(10-3-8-2-9(5-10)6-11(21)4-8)31-19(26)15-13-7-12-14(15)18(25)29-16(12)17(13)30-20(27)22(23,24)34-33-32-28/h8-17,28H,2-7H2,1H3/p-1. The Morgan fingerprint density at radius 2 is 1.74 bits per heavy atom. The number of hydrogen-bond acceptors (Lipinski definition) is 10. The summed E-state index contributed by atoms with van der Waals surface area (Å²) in [5.41, 5.74) is -0.611. The highest BCUT2D eigenvalue weighted by Crippen LogP contribution is 2.62. The monoisotopic (exact) mass is 503 g/mol. The van der Waals surface area contributed by atoms with Crippen molar-refractivity contribution in [1.29, 1.82) is 0 Å². The highest BCUT2D eigenvalue weighted by atomic mass is 32.2. The van der Waals surface area contributed by atoms with Crippen LogP contribution in [-0.2, 0) is 38.0 Å². The number of carbonyl (C=O) groups excluding carboxylic acids is 3. The molecule has 6 unspecified atom stereocenters. The highest BCUT2D eigenvalue weighted by Gasteiger charge is 2.71. The molecule has 7 rings (SSSR count). The van der Waals surface area contributed by atoms with E-state index in [4.69, 9.17) is 14.2 Å². The number of fused-ring (bicyclic) bond motifs is 1. The van der Waals surface area contributed by atoms with Gasteiger partial charge in [-0.25, -0.2) is 4.79 Å². The van der Waals surface area contributed by atoms with Crippen LogP contribution in [0.3, 0.4) is 0 Å². The minimum absolute atomic E-state index is 0.280. The SMILES string of the molecule is CC1(OC(=O)C2C3CC4C(OC(=O)C42)C3OC(=O)C(F)(F)SOO[O-])C2CC3CC(C2)CC1C3. The summed E-state index contributed by atoms with van der Waals surface area (Å²) in [6, 6.07) is 0. The summed E-state index contributed by atoms with van der Waals surface area (Å²) < 4.78 is 48.1. The Morgan fingerprint density at radius 1 is 1.09 bits per heavy atom. The van der Waals surface area contributed by atoms with Gasteiger partial charge in [0.1, 0.15) is 29.9 Å². The van der Waals surface area contributed by atoms with Crippen molar-refractivity contribution >= 4 is 30.0 Å². The third kappa shape index (κ3) is 3.24. The minimum atomic E-state index is -4.22. The fraction of sp³-hybridized carbons (Fsp3) is 0.864. The maximum absolute atomic E-state index is 13.9. The predicted molar refractivity (Wildman–Crippen MR) is 105 cm³/mol. The lowest BCUT2D eigenvalue weighted by Gasteiger charge is -2.59. The topological polar surface area (TPSA) is 120 Å². The number of hydrogen-bond donors (Lipinski definition) is 0. The van der Waals surface area contributed by atoms with Crippen LogP contribution >= 0.6 is 12.0 Å². The number of rotatable bonds is 7. The Labute approximate surface area is 198 Å². The smallest absolute Gasteiger partial charge is 0.415 e. The van der Waals surface area contributed by atoms with Crippen molar-refractivity contribution in [3.63, 3.8) is 0 Å². The summed E-state index contributed by atoms with van der Waals surface area (Å²) in [5, 5.41) is 8.50. The van der Waals surface area contributed by atoms with Gasteiger partial charge < -0.3 is 19.5 Å². The number of esters is 3. The fourth-order valence-electron chi connectivity index (χ4n) is 8.32. The van der Waals surface area contributed by atoms with Gasteiger partial charge in [0, 0.05) is 11.8 Å². The Morgan fingerprint density at radius 3 is 2.35 bits per heavy atom. The molecule has 0 aromatic carbocycles. The first-order valence-electron chi connectivity index (χ1n) is 11.8. The van der Waals surface area contributed by atoms with Crippen LogP contribution in [0, 0.1) is 47.3 Å². The minimum Gasteiger partial charge on any atom is -0.691 e.